The summed E-state index contributed by atoms with van der Waals surface area (Å²) in [6.07, 6.45) is 10.1. The second-order valence-corrected chi connectivity index (χ2v) is 15.7. The van der Waals surface area contributed by atoms with E-state index in [9.17, 15) is 18.9 Å². The number of phosphoric ester groups is 2. The first-order valence-electron chi connectivity index (χ1n) is 15.2. The maximum absolute atomic E-state index is 12.0. The van der Waals surface area contributed by atoms with E-state index >= 15 is 0 Å². The number of rotatable bonds is 11. The molecule has 0 aromatic carbocycles. The fraction of sp³-hybridized carbons (Fsp3) is 0.933. The molecule has 3 saturated carbocycles. The van der Waals surface area contributed by atoms with Gasteiger partial charge in [0.15, 0.2) is 0 Å². The first-order valence-corrected chi connectivity index (χ1v) is 18.2. The summed E-state index contributed by atoms with van der Waals surface area (Å²) in [5.74, 6) is 2.75. The van der Waals surface area contributed by atoms with Gasteiger partial charge in [0, 0.05) is 0 Å². The molecule has 0 bridgehead atoms. The van der Waals surface area contributed by atoms with Gasteiger partial charge in [0.2, 0.25) is 0 Å². The number of ether oxygens (including phenoxy) is 1. The smallest absolute Gasteiger partial charge is 0.372 e. The topological polar surface area (TPSA) is 121 Å². The minimum atomic E-state index is -3.94. The summed E-state index contributed by atoms with van der Waals surface area (Å²) in [5.41, 5.74) is 0. The minimum absolute atomic E-state index is 0. The molecular weight excluding hydrogens is 622 g/mol. The predicted octanol–water partition coefficient (Wildman–Crippen LogP) is 8.26. The van der Waals surface area contributed by atoms with Crippen LogP contribution < -0.4 is 0 Å². The van der Waals surface area contributed by atoms with Gasteiger partial charge in [0.05, 0.1) is 38.1 Å². The maximum atomic E-state index is 12.0. The van der Waals surface area contributed by atoms with Gasteiger partial charge < -0.3 is 29.4 Å². The number of phosphoric acid groups is 2. The van der Waals surface area contributed by atoms with Crippen LogP contribution in [0.3, 0.4) is 0 Å². The van der Waals surface area contributed by atoms with Crippen LogP contribution in [0.25, 0.3) is 0 Å². The zero-order valence-corrected chi connectivity index (χ0v) is 30.2. The zero-order chi connectivity index (χ0) is 28.8. The molecule has 0 radical (unpaired) electrons. The van der Waals surface area contributed by atoms with E-state index in [-0.39, 0.29) is 56.8 Å². The Hall–Kier alpha value is 0.699. The van der Waals surface area contributed by atoms with Crippen LogP contribution in [0, 0.1) is 56.3 Å². The van der Waals surface area contributed by atoms with Crippen LogP contribution in [-0.4, -0.2) is 47.9 Å². The third-order valence-corrected chi connectivity index (χ3v) is 11.8. The summed E-state index contributed by atoms with van der Waals surface area (Å²) >= 11 is 0. The summed E-state index contributed by atoms with van der Waals surface area (Å²) in [5, 5.41) is 0. The molecule has 0 spiro atoms. The monoisotopic (exact) mass is 682 g/mol. The quantitative estimate of drug-likeness (QED) is 0.126. The van der Waals surface area contributed by atoms with Crippen molar-refractivity contribution in [3.8, 4) is 0 Å². The van der Waals surface area contributed by atoms with Crippen LogP contribution in [-0.2, 0) is 49.0 Å². The molecule has 1 aliphatic heterocycles. The van der Waals surface area contributed by atoms with E-state index in [1.807, 2.05) is 6.92 Å². The van der Waals surface area contributed by atoms with Crippen molar-refractivity contribution in [3.63, 3.8) is 0 Å². The number of hydrogen-bond donors (Lipinski definition) is 2. The van der Waals surface area contributed by atoms with Crippen LogP contribution in [0.15, 0.2) is 0 Å². The molecule has 9 nitrogen and oxygen atoms in total. The summed E-state index contributed by atoms with van der Waals surface area (Å²) in [6.45, 7) is 13.4. The fourth-order valence-corrected chi connectivity index (χ4v) is 8.58. The molecule has 4 rings (SSSR count). The summed E-state index contributed by atoms with van der Waals surface area (Å²) in [7, 11) is -7.84. The molecule has 0 amide bonds. The van der Waals surface area contributed by atoms with Crippen molar-refractivity contribution in [3.05, 3.63) is 14.9 Å². The van der Waals surface area contributed by atoms with Gasteiger partial charge in [-0.1, -0.05) is 60.3 Å². The van der Waals surface area contributed by atoms with E-state index in [1.54, 1.807) is 0 Å². The largest absolute Gasteiger partial charge is 2.00 e. The predicted molar refractivity (Wildman–Crippen MR) is 164 cm³/mol. The fourth-order valence-electron chi connectivity index (χ4n) is 6.60. The van der Waals surface area contributed by atoms with Gasteiger partial charge in [-0.15, -0.1) is 0 Å². The molecule has 4 aliphatic rings. The van der Waals surface area contributed by atoms with Crippen molar-refractivity contribution in [1.82, 2.24) is 0 Å². The molecule has 1 heterocycles. The van der Waals surface area contributed by atoms with Crippen LogP contribution in [0.5, 0.6) is 0 Å². The molecule has 252 valence electrons. The molecule has 10 atom stereocenters. The Labute approximate surface area is 267 Å². The Morgan fingerprint density at radius 2 is 1.12 bits per heavy atom. The molecule has 3 aliphatic carbocycles. The Morgan fingerprint density at radius 1 is 0.667 bits per heavy atom. The molecule has 12 heteroatoms. The molecule has 42 heavy (non-hydrogen) atoms. The van der Waals surface area contributed by atoms with Gasteiger partial charge in [0.1, 0.15) is 0 Å². The molecule has 4 fully saturated rings. The van der Waals surface area contributed by atoms with Crippen LogP contribution in [0.4, 0.5) is 0 Å². The van der Waals surface area contributed by atoms with Gasteiger partial charge in [-0.05, 0) is 80.5 Å². The van der Waals surface area contributed by atoms with E-state index in [1.165, 1.54) is 25.7 Å². The van der Waals surface area contributed by atoms with Crippen molar-refractivity contribution >= 4 is 15.6 Å². The molecule has 1 saturated heterocycles. The summed E-state index contributed by atoms with van der Waals surface area (Å²) in [6, 6.07) is 0. The van der Waals surface area contributed by atoms with E-state index in [2.05, 4.69) is 34.6 Å². The van der Waals surface area contributed by atoms with Crippen molar-refractivity contribution in [1.29, 1.82) is 0 Å². The van der Waals surface area contributed by atoms with E-state index < -0.39 is 15.6 Å². The zero-order valence-electron chi connectivity index (χ0n) is 27.3. The normalized spacial score (nSPS) is 36.1. The van der Waals surface area contributed by atoms with Gasteiger partial charge in [-0.25, -0.2) is 9.13 Å². The second-order valence-electron chi connectivity index (χ2n) is 12.8. The SMILES string of the molecule is CC1[C@@H](COP(=O)(O)OCC2CCCC2)O[C@@H](C)[C@H]1C.C[C@@H]1C[C@H](C)C(OP(=O)(O)OCC2CCCC2)[C@@H]1C.[CH3-].[CH3-].[Fe+2]. The van der Waals surface area contributed by atoms with Crippen LogP contribution >= 0.6 is 15.6 Å². The van der Waals surface area contributed by atoms with Gasteiger partial charge >= 0.3 is 32.7 Å². The van der Waals surface area contributed by atoms with E-state index in [0.29, 0.717) is 54.6 Å². The molecule has 2 N–H and O–H groups in total. The van der Waals surface area contributed by atoms with Crippen LogP contribution in [0.1, 0.15) is 99.3 Å². The number of hydrogen-bond acceptors (Lipinski definition) is 7. The summed E-state index contributed by atoms with van der Waals surface area (Å²) in [4.78, 5) is 19.6. The van der Waals surface area contributed by atoms with Crippen molar-refractivity contribution in [2.24, 2.45) is 41.4 Å². The maximum Gasteiger partial charge on any atom is 2.00 e. The first kappa shape index (κ1) is 42.7. The second kappa shape index (κ2) is 19.4. The third-order valence-electron chi connectivity index (χ3n) is 9.82. The average Bonchev–Trinajstić information content (AvgIpc) is 3.67. The van der Waals surface area contributed by atoms with Crippen LogP contribution in [0.2, 0.25) is 0 Å². The minimum Gasteiger partial charge on any atom is -0.372 e. The standard InChI is InChI=1S/C14H27O5P.C14H27O4P.2CH3.Fe/c1-10-11(2)14(19-12(10)3)9-18-20(15,16)17-8-13-6-4-5-7-13;1-10-8-11(2)14(12(10)3)18-19(15,16)17-9-13-6-4-5-7-13;;;/h10-14H,4-9H2,1-3H3,(H,15,16);10-14H,4-9H2,1-3H3,(H,15,16);2*1H3;/q;;2*-1;+2/t10-,11?,12-,14+;10-,11+,12-,14?;;;/m01.../s1. The van der Waals surface area contributed by atoms with Gasteiger partial charge in [-0.2, -0.15) is 0 Å². The average molecular weight is 683 g/mol. The van der Waals surface area contributed by atoms with E-state index in [4.69, 9.17) is 22.8 Å². The Kier molecular flexibility index (Phi) is 19.7. The van der Waals surface area contributed by atoms with Gasteiger partial charge in [-0.3, -0.25) is 18.1 Å². The Balaban J connectivity index is 0.000000748. The molecule has 0 aromatic rings. The summed E-state index contributed by atoms with van der Waals surface area (Å²) < 4.78 is 50.5. The molecular formula is C30H60FeO9P2. The van der Waals surface area contributed by atoms with Crippen molar-refractivity contribution in [2.75, 3.05) is 19.8 Å². The Morgan fingerprint density at radius 3 is 1.52 bits per heavy atom. The Bertz CT molecular complexity index is 838. The molecule has 0 aromatic heterocycles. The van der Waals surface area contributed by atoms with Crippen molar-refractivity contribution in [2.45, 2.75) is 118 Å². The van der Waals surface area contributed by atoms with E-state index in [0.717, 1.165) is 32.1 Å². The van der Waals surface area contributed by atoms with Crippen molar-refractivity contribution < 1.29 is 58.8 Å². The first-order chi connectivity index (χ1) is 18.3. The molecule has 4 unspecified atom stereocenters. The third kappa shape index (κ3) is 13.2. The van der Waals surface area contributed by atoms with Gasteiger partial charge in [0.25, 0.3) is 0 Å².